The van der Waals surface area contributed by atoms with Gasteiger partial charge in [0.1, 0.15) is 5.82 Å². The molecule has 1 N–H and O–H groups in total. The number of benzene rings is 2. The molecule has 2 unspecified atom stereocenters. The zero-order valence-corrected chi connectivity index (χ0v) is 15.4. The second kappa shape index (κ2) is 6.89. The summed E-state index contributed by atoms with van der Waals surface area (Å²) in [4.78, 5) is 30.6. The van der Waals surface area contributed by atoms with Crippen LogP contribution in [0.15, 0.2) is 53.4 Å². The summed E-state index contributed by atoms with van der Waals surface area (Å²) in [5.74, 6) is -1.12. The van der Waals surface area contributed by atoms with Crippen LogP contribution < -0.4 is 5.32 Å². The molecule has 0 radical (unpaired) electrons. The molecule has 27 heavy (non-hydrogen) atoms. The Labute approximate surface area is 160 Å². The number of aromatic nitrogens is 2. The number of thioether (sulfide) groups is 1. The van der Waals surface area contributed by atoms with Gasteiger partial charge in [0.05, 0.1) is 28.0 Å². The third-order valence-corrected chi connectivity index (χ3v) is 5.90. The van der Waals surface area contributed by atoms with Crippen LogP contribution in [0.4, 0.5) is 5.69 Å². The quantitative estimate of drug-likeness (QED) is 0.755. The van der Waals surface area contributed by atoms with E-state index in [1.54, 1.807) is 11.6 Å². The van der Waals surface area contributed by atoms with Gasteiger partial charge in [-0.25, -0.2) is 4.98 Å². The highest BCUT2D eigenvalue weighted by molar-refractivity contribution is 8.01. The van der Waals surface area contributed by atoms with Crippen molar-refractivity contribution in [2.45, 2.75) is 22.5 Å². The maximum absolute atomic E-state index is 12.9. The van der Waals surface area contributed by atoms with Crippen molar-refractivity contribution >= 4 is 40.2 Å². The van der Waals surface area contributed by atoms with Crippen LogP contribution in [0.2, 0.25) is 0 Å². The number of carbonyl (C=O) groups excluding carboxylic acids is 2. The number of aryl methyl sites for hydroxylation is 1. The Balaban J connectivity index is 1.59. The number of rotatable bonds is 4. The van der Waals surface area contributed by atoms with Crippen LogP contribution in [-0.4, -0.2) is 26.5 Å². The van der Waals surface area contributed by atoms with E-state index in [1.807, 2.05) is 48.5 Å². The van der Waals surface area contributed by atoms with Gasteiger partial charge in [-0.1, -0.05) is 24.3 Å². The molecule has 1 aliphatic rings. The third-order valence-electron chi connectivity index (χ3n) is 4.62. The molecule has 1 amide bonds. The molecule has 0 aliphatic carbocycles. The van der Waals surface area contributed by atoms with Gasteiger partial charge in [0, 0.05) is 18.4 Å². The number of nitriles is 1. The first kappa shape index (κ1) is 17.3. The smallest absolute Gasteiger partial charge is 0.238 e. The molecule has 0 fully saturated rings. The average Bonchev–Trinajstić information content (AvgIpc) is 3.00. The topological polar surface area (TPSA) is 87.8 Å². The van der Waals surface area contributed by atoms with Gasteiger partial charge in [0.25, 0.3) is 0 Å². The molecule has 4 rings (SSSR count). The highest BCUT2D eigenvalue weighted by Crippen LogP contribution is 2.37. The second-order valence-electron chi connectivity index (χ2n) is 6.34. The van der Waals surface area contributed by atoms with Crippen LogP contribution in [0, 0.1) is 11.3 Å². The van der Waals surface area contributed by atoms with Crippen LogP contribution in [0.25, 0.3) is 11.0 Å². The number of nitrogens with zero attached hydrogens (tertiary/aromatic N) is 3. The lowest BCUT2D eigenvalue weighted by atomic mass is 10.00. The normalized spacial score (nSPS) is 17.0. The molecular weight excluding hydrogens is 360 g/mol. The van der Waals surface area contributed by atoms with Gasteiger partial charge >= 0.3 is 0 Å². The first-order chi connectivity index (χ1) is 13.1. The fourth-order valence-electron chi connectivity index (χ4n) is 3.22. The Hall–Kier alpha value is -3.11. The number of fused-ring (bicyclic) bond motifs is 2. The van der Waals surface area contributed by atoms with E-state index in [4.69, 9.17) is 0 Å². The molecule has 6 nitrogen and oxygen atoms in total. The summed E-state index contributed by atoms with van der Waals surface area (Å²) in [6, 6.07) is 17.0. The first-order valence-corrected chi connectivity index (χ1v) is 9.36. The minimum absolute atomic E-state index is 0.0216. The van der Waals surface area contributed by atoms with Gasteiger partial charge in [-0.3, -0.25) is 9.59 Å². The van der Waals surface area contributed by atoms with Gasteiger partial charge in [-0.05, 0) is 24.3 Å². The molecule has 2 aromatic carbocycles. The van der Waals surface area contributed by atoms with Crippen LogP contribution in [0.3, 0.4) is 0 Å². The monoisotopic (exact) mass is 376 g/mol. The standard InChI is InChI=1S/C20H16N4O2S/c1-24-15-8-4-2-6-13(15)22-19(24)12(11-21)16(25)10-18-20(26)23-14-7-3-5-9-17(14)27-18/h2-9,12,18H,10H2,1H3,(H,23,26). The summed E-state index contributed by atoms with van der Waals surface area (Å²) in [5, 5.41) is 11.9. The predicted octanol–water partition coefficient (Wildman–Crippen LogP) is 3.25. The van der Waals surface area contributed by atoms with Crippen LogP contribution >= 0.6 is 11.8 Å². The molecule has 1 aliphatic heterocycles. The van der Waals surface area contributed by atoms with E-state index in [0.717, 1.165) is 21.6 Å². The Morgan fingerprint density at radius 3 is 2.81 bits per heavy atom. The van der Waals surface area contributed by atoms with Crippen molar-refractivity contribution < 1.29 is 9.59 Å². The van der Waals surface area contributed by atoms with Crippen molar-refractivity contribution in [2.24, 2.45) is 7.05 Å². The highest BCUT2D eigenvalue weighted by atomic mass is 32.2. The van der Waals surface area contributed by atoms with Gasteiger partial charge in [0.2, 0.25) is 5.91 Å². The van der Waals surface area contributed by atoms with Gasteiger partial charge in [-0.2, -0.15) is 5.26 Å². The second-order valence-corrected chi connectivity index (χ2v) is 7.59. The molecule has 0 saturated heterocycles. The summed E-state index contributed by atoms with van der Waals surface area (Å²) in [7, 11) is 1.79. The van der Waals surface area contributed by atoms with Crippen LogP contribution in [0.5, 0.6) is 0 Å². The first-order valence-electron chi connectivity index (χ1n) is 8.48. The molecule has 134 valence electrons. The number of amides is 1. The lowest BCUT2D eigenvalue weighted by molar-refractivity contribution is -0.122. The number of hydrogen-bond acceptors (Lipinski definition) is 5. The third kappa shape index (κ3) is 3.09. The van der Waals surface area contributed by atoms with Crippen molar-refractivity contribution in [3.8, 4) is 6.07 Å². The lowest BCUT2D eigenvalue weighted by Gasteiger charge is -2.24. The van der Waals surface area contributed by atoms with E-state index >= 15 is 0 Å². The number of hydrogen-bond donors (Lipinski definition) is 1. The predicted molar refractivity (Wildman–Crippen MR) is 103 cm³/mol. The summed E-state index contributed by atoms with van der Waals surface area (Å²) >= 11 is 1.36. The summed E-state index contributed by atoms with van der Waals surface area (Å²) in [5.41, 5.74) is 2.35. The molecule has 1 aromatic heterocycles. The van der Waals surface area contributed by atoms with Crippen molar-refractivity contribution in [2.75, 3.05) is 5.32 Å². The number of ketones is 1. The summed E-state index contributed by atoms with van der Waals surface area (Å²) in [6.07, 6.45) is -0.0216. The van der Waals surface area contributed by atoms with E-state index in [9.17, 15) is 14.9 Å². The molecule has 0 spiro atoms. The number of para-hydroxylation sites is 3. The van der Waals surface area contributed by atoms with Gasteiger partial charge < -0.3 is 9.88 Å². The van der Waals surface area contributed by atoms with E-state index in [2.05, 4.69) is 16.4 Å². The maximum atomic E-state index is 12.9. The van der Waals surface area contributed by atoms with E-state index in [-0.39, 0.29) is 18.1 Å². The fourth-order valence-corrected chi connectivity index (χ4v) is 4.35. The molecule has 0 bridgehead atoms. The van der Waals surface area contributed by atoms with E-state index in [1.165, 1.54) is 11.8 Å². The Morgan fingerprint density at radius 2 is 2.04 bits per heavy atom. The minimum atomic E-state index is -1.01. The van der Waals surface area contributed by atoms with Crippen molar-refractivity contribution in [1.82, 2.24) is 9.55 Å². The Kier molecular flexibility index (Phi) is 4.42. The minimum Gasteiger partial charge on any atom is -0.330 e. The molecule has 3 aromatic rings. The van der Waals surface area contributed by atoms with Gasteiger partial charge in [-0.15, -0.1) is 11.8 Å². The summed E-state index contributed by atoms with van der Waals surface area (Å²) in [6.45, 7) is 0. The fraction of sp³-hybridized carbons (Fsp3) is 0.200. The zero-order chi connectivity index (χ0) is 19.0. The van der Waals surface area contributed by atoms with Crippen molar-refractivity contribution in [3.05, 3.63) is 54.4 Å². The molecule has 2 heterocycles. The van der Waals surface area contributed by atoms with Crippen LogP contribution in [-0.2, 0) is 16.6 Å². The Morgan fingerprint density at radius 1 is 1.30 bits per heavy atom. The maximum Gasteiger partial charge on any atom is 0.238 e. The average molecular weight is 376 g/mol. The molecular formula is C20H16N4O2S. The largest absolute Gasteiger partial charge is 0.330 e. The highest BCUT2D eigenvalue weighted by Gasteiger charge is 2.33. The van der Waals surface area contributed by atoms with Crippen LogP contribution in [0.1, 0.15) is 18.2 Å². The zero-order valence-electron chi connectivity index (χ0n) is 14.5. The molecule has 2 atom stereocenters. The van der Waals surface area contributed by atoms with E-state index < -0.39 is 11.2 Å². The van der Waals surface area contributed by atoms with Crippen molar-refractivity contribution in [1.29, 1.82) is 5.26 Å². The number of imidazole rings is 1. The Bertz CT molecular complexity index is 1100. The molecule has 0 saturated carbocycles. The van der Waals surface area contributed by atoms with Crippen molar-refractivity contribution in [3.63, 3.8) is 0 Å². The lowest BCUT2D eigenvalue weighted by Crippen LogP contribution is -2.32. The number of Topliss-reactive ketones (excluding diaryl/α,β-unsaturated/α-hetero) is 1. The number of nitrogens with one attached hydrogen (secondary N) is 1. The molecule has 7 heteroatoms. The number of anilines is 1. The SMILES string of the molecule is Cn1c(C(C#N)C(=O)CC2Sc3ccccc3NC2=O)nc2ccccc21. The van der Waals surface area contributed by atoms with Gasteiger partial charge in [0.15, 0.2) is 11.7 Å². The number of carbonyl (C=O) groups is 2. The summed E-state index contributed by atoms with van der Waals surface area (Å²) < 4.78 is 1.77. The van der Waals surface area contributed by atoms with E-state index in [0.29, 0.717) is 5.82 Å².